The summed E-state index contributed by atoms with van der Waals surface area (Å²) in [6.07, 6.45) is 5.86. The first-order valence-corrected chi connectivity index (χ1v) is 10.9. The van der Waals surface area contributed by atoms with Crippen LogP contribution >= 0.6 is 0 Å². The number of carbonyl (C=O) groups excluding carboxylic acids is 3. The van der Waals surface area contributed by atoms with Gasteiger partial charge in [0.05, 0.1) is 23.0 Å². The first-order valence-electron chi connectivity index (χ1n) is 10.9. The molecule has 0 saturated heterocycles. The first kappa shape index (κ1) is 22.3. The molecule has 2 heterocycles. The summed E-state index contributed by atoms with van der Waals surface area (Å²) in [6, 6.07) is 10.3. The van der Waals surface area contributed by atoms with Gasteiger partial charge in [0.15, 0.2) is 6.61 Å². The standard InChI is InChI=1S/C25H25N3O5/c1-15(2)26-25(31)28-21(29)14-33-24(30)22-18-9-3-4-11-20(18)27-23-16(7-5-10-19(22)23)13-17-8-6-12-32-17/h3-4,6,8-9,11-13,15H,5,7,10,14H2,1-2H3,(H2,26,28,29,31)/b16-13-. The summed E-state index contributed by atoms with van der Waals surface area (Å²) in [5.74, 6) is -0.607. The van der Waals surface area contributed by atoms with Crippen molar-refractivity contribution in [2.45, 2.75) is 39.2 Å². The highest BCUT2D eigenvalue weighted by Gasteiger charge is 2.26. The minimum atomic E-state index is -0.702. The quantitative estimate of drug-likeness (QED) is 0.570. The SMILES string of the molecule is CC(C)NC(=O)NC(=O)COC(=O)c1c2c(nc3ccccc13)/C(=C\c1ccco1)CCC2. The number of carbonyl (C=O) groups is 3. The van der Waals surface area contributed by atoms with Gasteiger partial charge in [-0.1, -0.05) is 18.2 Å². The first-order chi connectivity index (χ1) is 15.9. The van der Waals surface area contributed by atoms with Gasteiger partial charge < -0.3 is 14.5 Å². The lowest BCUT2D eigenvalue weighted by atomic mass is 9.86. The molecule has 1 aromatic carbocycles. The monoisotopic (exact) mass is 447 g/mol. The van der Waals surface area contributed by atoms with E-state index in [1.54, 1.807) is 20.1 Å². The number of esters is 1. The molecule has 1 aliphatic rings. The lowest BCUT2D eigenvalue weighted by Crippen LogP contribution is -2.44. The Hall–Kier alpha value is -3.94. The Morgan fingerprint density at radius 1 is 1.15 bits per heavy atom. The molecule has 2 aromatic heterocycles. The molecule has 0 saturated carbocycles. The van der Waals surface area contributed by atoms with Crippen molar-refractivity contribution >= 4 is 40.5 Å². The zero-order chi connectivity index (χ0) is 23.4. The number of fused-ring (bicyclic) bond motifs is 2. The number of benzene rings is 1. The van der Waals surface area contributed by atoms with Crippen molar-refractivity contribution in [2.75, 3.05) is 6.61 Å². The van der Waals surface area contributed by atoms with Gasteiger partial charge in [-0.25, -0.2) is 14.6 Å². The summed E-state index contributed by atoms with van der Waals surface area (Å²) in [4.78, 5) is 41.8. The topological polar surface area (TPSA) is 111 Å². The number of rotatable bonds is 5. The van der Waals surface area contributed by atoms with E-state index < -0.39 is 24.5 Å². The second kappa shape index (κ2) is 9.68. The minimum Gasteiger partial charge on any atom is -0.465 e. The number of hydrogen-bond acceptors (Lipinski definition) is 6. The highest BCUT2D eigenvalue weighted by Crippen LogP contribution is 2.36. The molecule has 0 bridgehead atoms. The number of nitrogens with zero attached hydrogens (tertiary/aromatic N) is 1. The number of imide groups is 1. The fraction of sp³-hybridized carbons (Fsp3) is 0.280. The molecule has 8 nitrogen and oxygen atoms in total. The van der Waals surface area contributed by atoms with Crippen LogP contribution in [0.1, 0.15) is 54.1 Å². The summed E-state index contributed by atoms with van der Waals surface area (Å²) in [6.45, 7) is 2.98. The van der Waals surface area contributed by atoms with Gasteiger partial charge in [0.2, 0.25) is 0 Å². The number of allylic oxidation sites excluding steroid dienone is 1. The van der Waals surface area contributed by atoms with Crippen molar-refractivity contribution in [1.82, 2.24) is 15.6 Å². The number of urea groups is 1. The van der Waals surface area contributed by atoms with Crippen LogP contribution in [0.25, 0.3) is 22.6 Å². The predicted molar refractivity (Wildman–Crippen MR) is 123 cm³/mol. The molecule has 0 unspecified atom stereocenters. The van der Waals surface area contributed by atoms with Crippen molar-refractivity contribution in [3.8, 4) is 0 Å². The molecule has 4 rings (SSSR count). The van der Waals surface area contributed by atoms with Gasteiger partial charge >= 0.3 is 12.0 Å². The zero-order valence-electron chi connectivity index (χ0n) is 18.5. The third-order valence-electron chi connectivity index (χ3n) is 5.24. The zero-order valence-corrected chi connectivity index (χ0v) is 18.5. The maximum absolute atomic E-state index is 13.2. The summed E-state index contributed by atoms with van der Waals surface area (Å²) in [7, 11) is 0. The van der Waals surface area contributed by atoms with Gasteiger partial charge in [-0.2, -0.15) is 0 Å². The number of amides is 3. The highest BCUT2D eigenvalue weighted by atomic mass is 16.5. The van der Waals surface area contributed by atoms with Gasteiger partial charge in [-0.3, -0.25) is 10.1 Å². The molecule has 0 aliphatic heterocycles. The van der Waals surface area contributed by atoms with Crippen LogP contribution in [0, 0.1) is 0 Å². The fourth-order valence-electron chi connectivity index (χ4n) is 3.92. The number of para-hydroxylation sites is 1. The number of nitrogens with one attached hydrogen (secondary N) is 2. The Bertz CT molecular complexity index is 1230. The van der Waals surface area contributed by atoms with Crippen molar-refractivity contribution < 1.29 is 23.5 Å². The van der Waals surface area contributed by atoms with E-state index in [0.717, 1.165) is 29.7 Å². The van der Waals surface area contributed by atoms with Gasteiger partial charge in [0, 0.05) is 11.4 Å². The van der Waals surface area contributed by atoms with E-state index in [0.29, 0.717) is 28.6 Å². The minimum absolute atomic E-state index is 0.126. The molecule has 1 aliphatic carbocycles. The molecule has 170 valence electrons. The normalized spacial score (nSPS) is 14.2. The van der Waals surface area contributed by atoms with E-state index in [1.165, 1.54) is 0 Å². The average molecular weight is 447 g/mol. The molecule has 0 spiro atoms. The summed E-state index contributed by atoms with van der Waals surface area (Å²) in [5.41, 5.74) is 3.58. The maximum atomic E-state index is 13.2. The average Bonchev–Trinajstić information content (AvgIpc) is 3.29. The molecule has 8 heteroatoms. The van der Waals surface area contributed by atoms with Crippen LogP contribution in [0.15, 0.2) is 47.1 Å². The largest absolute Gasteiger partial charge is 0.465 e. The predicted octanol–water partition coefficient (Wildman–Crippen LogP) is 4.10. The molecule has 0 radical (unpaired) electrons. The lowest BCUT2D eigenvalue weighted by Gasteiger charge is -2.22. The van der Waals surface area contributed by atoms with Gasteiger partial charge in [0.25, 0.3) is 5.91 Å². The Balaban J connectivity index is 1.64. The summed E-state index contributed by atoms with van der Waals surface area (Å²) < 4.78 is 10.8. The van der Waals surface area contributed by atoms with Gasteiger partial charge in [0.1, 0.15) is 5.76 Å². The van der Waals surface area contributed by atoms with Crippen LogP contribution in [-0.2, 0) is 16.0 Å². The second-order valence-electron chi connectivity index (χ2n) is 8.12. The Labute approximate surface area is 191 Å². The Morgan fingerprint density at radius 2 is 1.97 bits per heavy atom. The summed E-state index contributed by atoms with van der Waals surface area (Å²) in [5, 5.41) is 5.36. The van der Waals surface area contributed by atoms with E-state index >= 15 is 0 Å². The van der Waals surface area contributed by atoms with Crippen molar-refractivity contribution in [2.24, 2.45) is 0 Å². The third-order valence-corrected chi connectivity index (χ3v) is 5.24. The van der Waals surface area contributed by atoms with Crippen LogP contribution in [-0.4, -0.2) is 35.5 Å². The van der Waals surface area contributed by atoms with E-state index in [9.17, 15) is 14.4 Å². The number of pyridine rings is 1. The molecular weight excluding hydrogens is 422 g/mol. The lowest BCUT2D eigenvalue weighted by molar-refractivity contribution is -0.123. The molecule has 0 atom stereocenters. The molecule has 3 amide bonds. The summed E-state index contributed by atoms with van der Waals surface area (Å²) >= 11 is 0. The maximum Gasteiger partial charge on any atom is 0.339 e. The van der Waals surface area contributed by atoms with E-state index in [4.69, 9.17) is 14.1 Å². The van der Waals surface area contributed by atoms with Crippen LogP contribution < -0.4 is 10.6 Å². The van der Waals surface area contributed by atoms with Gasteiger partial charge in [-0.05, 0) is 68.5 Å². The van der Waals surface area contributed by atoms with E-state index in [-0.39, 0.29) is 6.04 Å². The van der Waals surface area contributed by atoms with Gasteiger partial charge in [-0.15, -0.1) is 0 Å². The third kappa shape index (κ3) is 5.11. The Morgan fingerprint density at radius 3 is 2.73 bits per heavy atom. The fourth-order valence-corrected chi connectivity index (χ4v) is 3.92. The molecule has 3 aromatic rings. The number of hydrogen-bond donors (Lipinski definition) is 2. The van der Waals surface area contributed by atoms with Crippen molar-refractivity contribution in [1.29, 1.82) is 0 Å². The molecular formula is C25H25N3O5. The molecule has 0 fully saturated rings. The van der Waals surface area contributed by atoms with Crippen LogP contribution in [0.4, 0.5) is 4.79 Å². The van der Waals surface area contributed by atoms with Crippen LogP contribution in [0.2, 0.25) is 0 Å². The Kier molecular flexibility index (Phi) is 6.53. The van der Waals surface area contributed by atoms with E-state index in [2.05, 4.69) is 10.6 Å². The smallest absolute Gasteiger partial charge is 0.339 e. The van der Waals surface area contributed by atoms with Crippen LogP contribution in [0.3, 0.4) is 0 Å². The highest BCUT2D eigenvalue weighted by molar-refractivity contribution is 6.07. The molecule has 2 N–H and O–H groups in total. The number of ether oxygens (including phenoxy) is 1. The number of furan rings is 1. The van der Waals surface area contributed by atoms with Crippen LogP contribution in [0.5, 0.6) is 0 Å². The van der Waals surface area contributed by atoms with Crippen molar-refractivity contribution in [3.05, 3.63) is 65.2 Å². The number of aromatic nitrogens is 1. The molecule has 33 heavy (non-hydrogen) atoms. The van der Waals surface area contributed by atoms with E-state index in [1.807, 2.05) is 42.5 Å². The second-order valence-corrected chi connectivity index (χ2v) is 8.12. The van der Waals surface area contributed by atoms with Crippen molar-refractivity contribution in [3.63, 3.8) is 0 Å².